The molecule has 3 aromatic rings. The van der Waals surface area contributed by atoms with E-state index in [9.17, 15) is 13.6 Å². The van der Waals surface area contributed by atoms with Crippen LogP contribution in [0.3, 0.4) is 0 Å². The Labute approximate surface area is 136 Å². The van der Waals surface area contributed by atoms with Crippen LogP contribution in [-0.2, 0) is 6.42 Å². The predicted octanol–water partition coefficient (Wildman–Crippen LogP) is 4.07. The van der Waals surface area contributed by atoms with Gasteiger partial charge in [0, 0.05) is 28.7 Å². The molecule has 0 saturated heterocycles. The molecule has 1 heterocycles. The first-order chi connectivity index (χ1) is 11.1. The number of nitrogens with one attached hydrogen (secondary N) is 2. The normalized spacial score (nSPS) is 10.9. The second-order valence-electron chi connectivity index (χ2n) is 5.11. The number of fused-ring (bicyclic) bond motifs is 1. The summed E-state index contributed by atoms with van der Waals surface area (Å²) in [5.74, 6) is -2.51. The fourth-order valence-corrected chi connectivity index (χ4v) is 2.64. The standard InChI is InChI=1S/C17H13ClF2N2O/c18-11-4-5-15-12(8-11)10(9-22-15)6-7-21-17(23)16-13(19)2-1-3-14(16)20/h1-5,8-9,22H,6-7H2,(H,21,23). The molecule has 3 rings (SSSR count). The van der Waals surface area contributed by atoms with E-state index in [1.54, 1.807) is 6.07 Å². The van der Waals surface area contributed by atoms with E-state index in [2.05, 4.69) is 10.3 Å². The molecule has 1 aromatic heterocycles. The molecule has 0 atom stereocenters. The van der Waals surface area contributed by atoms with Crippen LogP contribution < -0.4 is 5.32 Å². The second kappa shape index (κ2) is 6.38. The molecular weight excluding hydrogens is 322 g/mol. The number of H-pyrrole nitrogens is 1. The van der Waals surface area contributed by atoms with Gasteiger partial charge in [-0.15, -0.1) is 0 Å². The van der Waals surface area contributed by atoms with E-state index < -0.39 is 23.1 Å². The Morgan fingerprint density at radius 2 is 1.91 bits per heavy atom. The molecule has 6 heteroatoms. The smallest absolute Gasteiger partial charge is 0.257 e. The lowest BCUT2D eigenvalue weighted by molar-refractivity contribution is 0.0945. The van der Waals surface area contributed by atoms with Crippen molar-refractivity contribution in [3.63, 3.8) is 0 Å². The van der Waals surface area contributed by atoms with Crippen molar-refractivity contribution in [2.75, 3.05) is 6.54 Å². The van der Waals surface area contributed by atoms with Gasteiger partial charge in [-0.05, 0) is 42.3 Å². The maximum absolute atomic E-state index is 13.5. The predicted molar refractivity (Wildman–Crippen MR) is 85.7 cm³/mol. The molecular formula is C17H13ClF2N2O. The van der Waals surface area contributed by atoms with Crippen molar-refractivity contribution in [3.05, 3.63) is 70.4 Å². The summed E-state index contributed by atoms with van der Waals surface area (Å²) in [4.78, 5) is 15.0. The molecule has 0 bridgehead atoms. The summed E-state index contributed by atoms with van der Waals surface area (Å²) >= 11 is 5.98. The largest absolute Gasteiger partial charge is 0.361 e. The zero-order chi connectivity index (χ0) is 16.4. The molecule has 0 radical (unpaired) electrons. The van der Waals surface area contributed by atoms with Crippen LogP contribution >= 0.6 is 11.6 Å². The highest BCUT2D eigenvalue weighted by molar-refractivity contribution is 6.31. The average molecular weight is 335 g/mol. The van der Waals surface area contributed by atoms with E-state index >= 15 is 0 Å². The maximum atomic E-state index is 13.5. The van der Waals surface area contributed by atoms with Gasteiger partial charge in [0.25, 0.3) is 5.91 Å². The molecule has 0 spiro atoms. The van der Waals surface area contributed by atoms with Gasteiger partial charge in [0.05, 0.1) is 0 Å². The summed E-state index contributed by atoms with van der Waals surface area (Å²) in [6.07, 6.45) is 2.35. The minimum atomic E-state index is -0.874. The van der Waals surface area contributed by atoms with Crippen LogP contribution in [0.4, 0.5) is 8.78 Å². The van der Waals surface area contributed by atoms with Crippen molar-refractivity contribution in [2.24, 2.45) is 0 Å². The molecule has 2 N–H and O–H groups in total. The molecule has 0 unspecified atom stereocenters. The molecule has 118 valence electrons. The number of rotatable bonds is 4. The molecule has 0 saturated carbocycles. The Morgan fingerprint density at radius 3 is 2.65 bits per heavy atom. The van der Waals surface area contributed by atoms with E-state index in [1.807, 2.05) is 18.3 Å². The first-order valence-electron chi connectivity index (χ1n) is 7.04. The van der Waals surface area contributed by atoms with Crippen molar-refractivity contribution in [1.29, 1.82) is 0 Å². The lowest BCUT2D eigenvalue weighted by Crippen LogP contribution is -2.27. The van der Waals surface area contributed by atoms with Gasteiger partial charge in [-0.1, -0.05) is 17.7 Å². The average Bonchev–Trinajstić information content (AvgIpc) is 2.89. The summed E-state index contributed by atoms with van der Waals surface area (Å²) in [6.45, 7) is 0.256. The minimum Gasteiger partial charge on any atom is -0.361 e. The van der Waals surface area contributed by atoms with Crippen molar-refractivity contribution < 1.29 is 13.6 Å². The summed E-state index contributed by atoms with van der Waals surface area (Å²) in [7, 11) is 0. The maximum Gasteiger partial charge on any atom is 0.257 e. The zero-order valence-corrected chi connectivity index (χ0v) is 12.8. The van der Waals surface area contributed by atoms with E-state index in [0.717, 1.165) is 28.6 Å². The topological polar surface area (TPSA) is 44.9 Å². The van der Waals surface area contributed by atoms with Crippen LogP contribution in [0.5, 0.6) is 0 Å². The van der Waals surface area contributed by atoms with Crippen LogP contribution in [0, 0.1) is 11.6 Å². The molecule has 2 aromatic carbocycles. The first-order valence-corrected chi connectivity index (χ1v) is 7.42. The highest BCUT2D eigenvalue weighted by atomic mass is 35.5. The number of carbonyl (C=O) groups is 1. The molecule has 0 aliphatic rings. The number of benzene rings is 2. The van der Waals surface area contributed by atoms with Crippen molar-refractivity contribution in [3.8, 4) is 0 Å². The fourth-order valence-electron chi connectivity index (χ4n) is 2.47. The van der Waals surface area contributed by atoms with Crippen molar-refractivity contribution in [1.82, 2.24) is 10.3 Å². The summed E-state index contributed by atoms with van der Waals surface area (Å²) < 4.78 is 27.1. The van der Waals surface area contributed by atoms with Gasteiger partial charge in [-0.25, -0.2) is 8.78 Å². The van der Waals surface area contributed by atoms with Gasteiger partial charge in [-0.3, -0.25) is 4.79 Å². The van der Waals surface area contributed by atoms with Gasteiger partial charge < -0.3 is 10.3 Å². The van der Waals surface area contributed by atoms with Crippen molar-refractivity contribution >= 4 is 28.4 Å². The Morgan fingerprint density at radius 1 is 1.17 bits per heavy atom. The van der Waals surface area contributed by atoms with Crippen LogP contribution in [0.2, 0.25) is 5.02 Å². The minimum absolute atomic E-state index is 0.256. The number of aromatic nitrogens is 1. The third-order valence-electron chi connectivity index (χ3n) is 3.60. The molecule has 3 nitrogen and oxygen atoms in total. The fraction of sp³-hybridized carbons (Fsp3) is 0.118. The van der Waals surface area contributed by atoms with Crippen LogP contribution in [0.15, 0.2) is 42.6 Å². The van der Waals surface area contributed by atoms with E-state index in [4.69, 9.17) is 11.6 Å². The van der Waals surface area contributed by atoms with Gasteiger partial charge in [0.2, 0.25) is 0 Å². The molecule has 0 fully saturated rings. The lowest BCUT2D eigenvalue weighted by Gasteiger charge is -2.07. The number of hydrogen-bond donors (Lipinski definition) is 2. The Bertz CT molecular complexity index is 856. The van der Waals surface area contributed by atoms with Crippen LogP contribution in [0.25, 0.3) is 10.9 Å². The van der Waals surface area contributed by atoms with Gasteiger partial charge in [-0.2, -0.15) is 0 Å². The third kappa shape index (κ3) is 3.19. The van der Waals surface area contributed by atoms with E-state index in [-0.39, 0.29) is 6.54 Å². The summed E-state index contributed by atoms with van der Waals surface area (Å²) in [5, 5.41) is 4.12. The van der Waals surface area contributed by atoms with Gasteiger partial charge in [0.1, 0.15) is 17.2 Å². The molecule has 0 aliphatic carbocycles. The number of hydrogen-bond acceptors (Lipinski definition) is 1. The highest BCUT2D eigenvalue weighted by Crippen LogP contribution is 2.22. The second-order valence-corrected chi connectivity index (χ2v) is 5.54. The van der Waals surface area contributed by atoms with Gasteiger partial charge in [0.15, 0.2) is 0 Å². The third-order valence-corrected chi connectivity index (χ3v) is 3.83. The lowest BCUT2D eigenvalue weighted by atomic mass is 10.1. The van der Waals surface area contributed by atoms with E-state index in [0.29, 0.717) is 11.4 Å². The van der Waals surface area contributed by atoms with E-state index in [1.165, 1.54) is 6.07 Å². The zero-order valence-electron chi connectivity index (χ0n) is 12.0. The number of carbonyl (C=O) groups excluding carboxylic acids is 1. The Balaban J connectivity index is 1.69. The number of amides is 1. The highest BCUT2D eigenvalue weighted by Gasteiger charge is 2.16. The molecule has 0 aliphatic heterocycles. The first kappa shape index (κ1) is 15.5. The monoisotopic (exact) mass is 334 g/mol. The number of aromatic amines is 1. The SMILES string of the molecule is O=C(NCCc1c[nH]c2ccc(Cl)cc12)c1c(F)cccc1F. The van der Waals surface area contributed by atoms with Crippen LogP contribution in [0.1, 0.15) is 15.9 Å². The summed E-state index contributed by atoms with van der Waals surface area (Å²) in [6, 6.07) is 8.82. The summed E-state index contributed by atoms with van der Waals surface area (Å²) in [5.41, 5.74) is 1.35. The number of halogens is 3. The van der Waals surface area contributed by atoms with Gasteiger partial charge >= 0.3 is 0 Å². The Hall–Kier alpha value is -2.40. The molecule has 23 heavy (non-hydrogen) atoms. The Kier molecular flexibility index (Phi) is 4.30. The molecule has 1 amide bonds. The van der Waals surface area contributed by atoms with Crippen LogP contribution in [-0.4, -0.2) is 17.4 Å². The quantitative estimate of drug-likeness (QED) is 0.742. The van der Waals surface area contributed by atoms with Crippen molar-refractivity contribution in [2.45, 2.75) is 6.42 Å².